The van der Waals surface area contributed by atoms with Crippen molar-refractivity contribution < 1.29 is 4.74 Å². The van der Waals surface area contributed by atoms with Crippen LogP contribution in [0, 0.1) is 0 Å². The number of benzene rings is 1. The van der Waals surface area contributed by atoms with E-state index in [1.54, 1.807) is 7.11 Å². The van der Waals surface area contributed by atoms with Crippen LogP contribution < -0.4 is 10.6 Å². The van der Waals surface area contributed by atoms with Gasteiger partial charge in [-0.3, -0.25) is 0 Å². The normalized spacial score (nSPS) is 12.5. The van der Waals surface area contributed by atoms with Gasteiger partial charge >= 0.3 is 0 Å². The summed E-state index contributed by atoms with van der Waals surface area (Å²) in [6.45, 7) is 3.60. The van der Waals surface area contributed by atoms with E-state index >= 15 is 0 Å². The van der Waals surface area contributed by atoms with E-state index in [-0.39, 0.29) is 6.04 Å². The number of anilines is 1. The van der Waals surface area contributed by atoms with Crippen molar-refractivity contribution in [2.45, 2.75) is 13.0 Å². The summed E-state index contributed by atoms with van der Waals surface area (Å²) < 4.78 is 5.06. The quantitative estimate of drug-likeness (QED) is 0.801. The zero-order valence-electron chi connectivity index (χ0n) is 9.73. The molecule has 0 aromatic heterocycles. The molecule has 0 fully saturated rings. The van der Waals surface area contributed by atoms with Gasteiger partial charge in [0.1, 0.15) is 0 Å². The fourth-order valence-corrected chi connectivity index (χ4v) is 1.57. The molecule has 0 spiro atoms. The molecule has 1 rings (SSSR count). The third-order valence-electron chi connectivity index (χ3n) is 2.47. The van der Waals surface area contributed by atoms with Gasteiger partial charge in [-0.25, -0.2) is 0 Å². The lowest BCUT2D eigenvalue weighted by molar-refractivity contribution is 0.206. The minimum atomic E-state index is 0.0613. The van der Waals surface area contributed by atoms with Gasteiger partial charge in [-0.05, 0) is 18.6 Å². The SMILES string of the molecule is COCCN(C)c1ccccc1[C@@H](C)N. The van der Waals surface area contributed by atoms with Crippen molar-refractivity contribution in [3.05, 3.63) is 29.8 Å². The first-order valence-electron chi connectivity index (χ1n) is 5.21. The third-order valence-corrected chi connectivity index (χ3v) is 2.47. The third kappa shape index (κ3) is 3.22. The van der Waals surface area contributed by atoms with Gasteiger partial charge in [0, 0.05) is 32.4 Å². The molecule has 0 heterocycles. The van der Waals surface area contributed by atoms with Crippen molar-refractivity contribution >= 4 is 5.69 Å². The molecular formula is C12H20N2O. The van der Waals surface area contributed by atoms with Crippen molar-refractivity contribution in [2.75, 3.05) is 32.2 Å². The van der Waals surface area contributed by atoms with E-state index in [4.69, 9.17) is 10.5 Å². The highest BCUT2D eigenvalue weighted by Crippen LogP contribution is 2.23. The Bertz CT molecular complexity index is 299. The molecule has 3 heteroatoms. The average molecular weight is 208 g/mol. The number of likely N-dealkylation sites (N-methyl/N-ethyl adjacent to an activating group) is 1. The van der Waals surface area contributed by atoms with E-state index < -0.39 is 0 Å². The molecule has 0 amide bonds. The Morgan fingerprint density at radius 2 is 2.07 bits per heavy atom. The lowest BCUT2D eigenvalue weighted by Gasteiger charge is -2.23. The van der Waals surface area contributed by atoms with E-state index in [0.29, 0.717) is 0 Å². The van der Waals surface area contributed by atoms with Gasteiger partial charge in [-0.1, -0.05) is 18.2 Å². The van der Waals surface area contributed by atoms with Crippen LogP contribution in [0.15, 0.2) is 24.3 Å². The summed E-state index contributed by atoms with van der Waals surface area (Å²) in [5.74, 6) is 0. The van der Waals surface area contributed by atoms with Crippen molar-refractivity contribution in [1.82, 2.24) is 0 Å². The van der Waals surface area contributed by atoms with Crippen molar-refractivity contribution in [3.8, 4) is 0 Å². The Kier molecular flexibility index (Phi) is 4.59. The smallest absolute Gasteiger partial charge is 0.0637 e. The fraction of sp³-hybridized carbons (Fsp3) is 0.500. The predicted octanol–water partition coefficient (Wildman–Crippen LogP) is 1.79. The highest BCUT2D eigenvalue weighted by atomic mass is 16.5. The van der Waals surface area contributed by atoms with Gasteiger partial charge in [-0.15, -0.1) is 0 Å². The lowest BCUT2D eigenvalue weighted by Crippen LogP contribution is -2.24. The largest absolute Gasteiger partial charge is 0.383 e. The summed E-state index contributed by atoms with van der Waals surface area (Å²) in [5.41, 5.74) is 8.28. The van der Waals surface area contributed by atoms with Crippen LogP contribution in [-0.2, 0) is 4.74 Å². The van der Waals surface area contributed by atoms with Gasteiger partial charge in [0.15, 0.2) is 0 Å². The number of nitrogens with two attached hydrogens (primary N) is 1. The van der Waals surface area contributed by atoms with Crippen LogP contribution in [0.2, 0.25) is 0 Å². The molecule has 0 bridgehead atoms. The number of hydrogen-bond donors (Lipinski definition) is 1. The zero-order valence-corrected chi connectivity index (χ0v) is 9.73. The topological polar surface area (TPSA) is 38.5 Å². The fourth-order valence-electron chi connectivity index (χ4n) is 1.57. The lowest BCUT2D eigenvalue weighted by atomic mass is 10.1. The van der Waals surface area contributed by atoms with Gasteiger partial charge in [-0.2, -0.15) is 0 Å². The predicted molar refractivity (Wildman–Crippen MR) is 64.2 cm³/mol. The molecular weight excluding hydrogens is 188 g/mol. The molecule has 0 aliphatic rings. The van der Waals surface area contributed by atoms with Crippen LogP contribution in [0.1, 0.15) is 18.5 Å². The molecule has 0 radical (unpaired) electrons. The van der Waals surface area contributed by atoms with Crippen LogP contribution in [0.4, 0.5) is 5.69 Å². The van der Waals surface area contributed by atoms with E-state index in [2.05, 4.69) is 24.1 Å². The van der Waals surface area contributed by atoms with Crippen molar-refractivity contribution in [1.29, 1.82) is 0 Å². The summed E-state index contributed by atoms with van der Waals surface area (Å²) >= 11 is 0. The maximum absolute atomic E-state index is 5.92. The summed E-state index contributed by atoms with van der Waals surface area (Å²) in [5, 5.41) is 0. The first-order valence-corrected chi connectivity index (χ1v) is 5.21. The number of hydrogen-bond acceptors (Lipinski definition) is 3. The molecule has 0 saturated heterocycles. The Hall–Kier alpha value is -1.06. The summed E-state index contributed by atoms with van der Waals surface area (Å²) in [6, 6.07) is 8.28. The monoisotopic (exact) mass is 208 g/mol. The standard InChI is InChI=1S/C12H20N2O/c1-10(13)11-6-4-5-7-12(11)14(2)8-9-15-3/h4-7,10H,8-9,13H2,1-3H3/t10-/m1/s1. The molecule has 3 nitrogen and oxygen atoms in total. The second-order valence-electron chi connectivity index (χ2n) is 3.76. The highest BCUT2D eigenvalue weighted by Gasteiger charge is 2.09. The second kappa shape index (κ2) is 5.73. The van der Waals surface area contributed by atoms with Crippen LogP contribution in [0.5, 0.6) is 0 Å². The molecule has 0 saturated carbocycles. The maximum atomic E-state index is 5.92. The summed E-state index contributed by atoms with van der Waals surface area (Å²) in [4.78, 5) is 2.17. The Morgan fingerprint density at radius 3 is 2.67 bits per heavy atom. The molecule has 15 heavy (non-hydrogen) atoms. The molecule has 2 N–H and O–H groups in total. The molecule has 1 aromatic rings. The second-order valence-corrected chi connectivity index (χ2v) is 3.76. The number of methoxy groups -OCH3 is 1. The number of rotatable bonds is 5. The maximum Gasteiger partial charge on any atom is 0.0637 e. The van der Waals surface area contributed by atoms with Gasteiger partial charge in [0.05, 0.1) is 6.61 Å². The zero-order chi connectivity index (χ0) is 11.3. The summed E-state index contributed by atoms with van der Waals surface area (Å²) in [7, 11) is 3.77. The number of para-hydroxylation sites is 1. The molecule has 0 aliphatic carbocycles. The van der Waals surface area contributed by atoms with Crippen LogP contribution in [0.25, 0.3) is 0 Å². The minimum absolute atomic E-state index is 0.0613. The summed E-state index contributed by atoms with van der Waals surface area (Å²) in [6.07, 6.45) is 0. The molecule has 0 aliphatic heterocycles. The Labute approximate surface area is 91.8 Å². The van der Waals surface area contributed by atoms with Crippen molar-refractivity contribution in [3.63, 3.8) is 0 Å². The highest BCUT2D eigenvalue weighted by molar-refractivity contribution is 5.54. The van der Waals surface area contributed by atoms with E-state index in [9.17, 15) is 0 Å². The van der Waals surface area contributed by atoms with Crippen molar-refractivity contribution in [2.24, 2.45) is 5.73 Å². The molecule has 0 unspecified atom stereocenters. The van der Waals surface area contributed by atoms with Gasteiger partial charge < -0.3 is 15.4 Å². The Balaban J connectivity index is 2.82. The Morgan fingerprint density at radius 1 is 1.40 bits per heavy atom. The van der Waals surface area contributed by atoms with E-state index in [0.717, 1.165) is 13.2 Å². The molecule has 1 aromatic carbocycles. The molecule has 84 valence electrons. The van der Waals surface area contributed by atoms with Crippen LogP contribution in [-0.4, -0.2) is 27.3 Å². The van der Waals surface area contributed by atoms with Gasteiger partial charge in [0.25, 0.3) is 0 Å². The number of nitrogens with zero attached hydrogens (tertiary/aromatic N) is 1. The first-order chi connectivity index (χ1) is 7.16. The minimum Gasteiger partial charge on any atom is -0.383 e. The first kappa shape index (κ1) is 12.0. The van der Waals surface area contributed by atoms with Gasteiger partial charge in [0.2, 0.25) is 0 Å². The molecule has 1 atom stereocenters. The van der Waals surface area contributed by atoms with Crippen LogP contribution in [0.3, 0.4) is 0 Å². The van der Waals surface area contributed by atoms with Crippen LogP contribution >= 0.6 is 0 Å². The average Bonchev–Trinajstić information content (AvgIpc) is 2.25. The van der Waals surface area contributed by atoms with E-state index in [1.165, 1.54) is 11.3 Å². The number of ether oxygens (including phenoxy) is 1. The van der Waals surface area contributed by atoms with E-state index in [1.807, 2.05) is 19.1 Å².